The van der Waals surface area contributed by atoms with Crippen molar-refractivity contribution in [3.8, 4) is 6.07 Å². The number of aryl methyl sites for hydroxylation is 1. The minimum atomic E-state index is -4.45. The Hall–Kier alpha value is -3.11. The lowest BCUT2D eigenvalue weighted by Gasteiger charge is -2.40. The summed E-state index contributed by atoms with van der Waals surface area (Å²) in [7, 11) is 0. The maximum Gasteiger partial charge on any atom is 0.418 e. The fraction of sp³-hybridized carbons (Fsp3) is 0.385. The molecule has 0 radical (unpaired) electrons. The number of nitriles is 1. The number of hydrogen-bond donors (Lipinski definition) is 1. The molecule has 0 atom stereocenters. The predicted octanol–water partition coefficient (Wildman–Crippen LogP) is 5.91. The number of halogens is 3. The van der Waals surface area contributed by atoms with Crippen molar-refractivity contribution >= 4 is 11.3 Å². The molecular formula is C26H27F3N4. The molecule has 1 aromatic carbocycles. The van der Waals surface area contributed by atoms with Crippen molar-refractivity contribution in [1.29, 1.82) is 5.26 Å². The first-order valence-corrected chi connectivity index (χ1v) is 11.1. The number of likely N-dealkylation sites (tertiary alicyclic amines) is 1. The predicted molar refractivity (Wildman–Crippen MR) is 124 cm³/mol. The molecule has 7 heteroatoms. The van der Waals surface area contributed by atoms with Crippen molar-refractivity contribution in [2.24, 2.45) is 0 Å². The molecule has 4 rings (SSSR count). The number of nitrogens with one attached hydrogen (secondary N) is 1. The van der Waals surface area contributed by atoms with Gasteiger partial charge in [-0.2, -0.15) is 18.4 Å². The Kier molecular flexibility index (Phi) is 6.06. The van der Waals surface area contributed by atoms with E-state index in [0.29, 0.717) is 23.1 Å². The first-order valence-electron chi connectivity index (χ1n) is 11.1. The minimum Gasteiger partial charge on any atom is -0.358 e. The molecule has 4 nitrogen and oxygen atoms in total. The van der Waals surface area contributed by atoms with E-state index in [1.807, 2.05) is 18.2 Å². The van der Waals surface area contributed by atoms with Crippen LogP contribution in [0.25, 0.3) is 5.57 Å². The van der Waals surface area contributed by atoms with Gasteiger partial charge in [-0.25, -0.2) is 0 Å². The third-order valence-corrected chi connectivity index (χ3v) is 6.83. The zero-order valence-electron chi connectivity index (χ0n) is 18.7. The van der Waals surface area contributed by atoms with E-state index < -0.39 is 11.7 Å². The number of aromatic nitrogens is 1. The van der Waals surface area contributed by atoms with Gasteiger partial charge in [0.2, 0.25) is 0 Å². The van der Waals surface area contributed by atoms with Crippen LogP contribution in [0.4, 0.5) is 18.9 Å². The van der Waals surface area contributed by atoms with Gasteiger partial charge in [0.1, 0.15) is 0 Å². The molecule has 1 aromatic heterocycles. The fourth-order valence-electron chi connectivity index (χ4n) is 5.00. The smallest absolute Gasteiger partial charge is 0.358 e. The Bertz CT molecular complexity index is 1140. The molecule has 33 heavy (non-hydrogen) atoms. The molecule has 1 fully saturated rings. The second-order valence-corrected chi connectivity index (χ2v) is 9.02. The van der Waals surface area contributed by atoms with E-state index in [0.717, 1.165) is 55.8 Å². The number of fused-ring (bicyclic) bond motifs is 2. The first-order chi connectivity index (χ1) is 15.6. The topological polar surface area (TPSA) is 52.0 Å². The lowest BCUT2D eigenvalue weighted by atomic mass is 9.72. The molecule has 1 spiro atoms. The Morgan fingerprint density at radius 2 is 2.00 bits per heavy atom. The van der Waals surface area contributed by atoms with Gasteiger partial charge in [-0.3, -0.25) is 4.98 Å². The Morgan fingerprint density at radius 1 is 1.27 bits per heavy atom. The van der Waals surface area contributed by atoms with Crippen LogP contribution >= 0.6 is 0 Å². The normalized spacial score (nSPS) is 17.5. The zero-order chi connectivity index (χ0) is 23.8. The molecule has 2 aliphatic rings. The molecule has 172 valence electrons. The number of alkyl halides is 3. The number of pyridine rings is 1. The molecule has 0 unspecified atom stereocenters. The highest BCUT2D eigenvalue weighted by molar-refractivity contribution is 5.69. The highest BCUT2D eigenvalue weighted by Gasteiger charge is 2.44. The van der Waals surface area contributed by atoms with Gasteiger partial charge >= 0.3 is 6.18 Å². The van der Waals surface area contributed by atoms with Crippen molar-refractivity contribution < 1.29 is 13.2 Å². The van der Waals surface area contributed by atoms with E-state index in [9.17, 15) is 18.4 Å². The lowest BCUT2D eigenvalue weighted by molar-refractivity contribution is -0.138. The molecule has 0 bridgehead atoms. The summed E-state index contributed by atoms with van der Waals surface area (Å²) < 4.78 is 40.2. The summed E-state index contributed by atoms with van der Waals surface area (Å²) in [5.41, 5.74) is 3.74. The van der Waals surface area contributed by atoms with E-state index >= 15 is 0 Å². The van der Waals surface area contributed by atoms with Gasteiger partial charge in [-0.05, 0) is 93.2 Å². The van der Waals surface area contributed by atoms with E-state index in [1.54, 1.807) is 0 Å². The summed E-state index contributed by atoms with van der Waals surface area (Å²) in [6.45, 7) is 12.0. The number of rotatable bonds is 5. The molecule has 0 saturated carbocycles. The molecule has 1 N–H and O–H groups in total. The van der Waals surface area contributed by atoms with E-state index in [-0.39, 0.29) is 11.1 Å². The van der Waals surface area contributed by atoms with E-state index in [1.165, 1.54) is 19.2 Å². The summed E-state index contributed by atoms with van der Waals surface area (Å²) in [5, 5.41) is 12.7. The van der Waals surface area contributed by atoms with Crippen molar-refractivity contribution in [2.45, 2.75) is 44.2 Å². The van der Waals surface area contributed by atoms with Crippen LogP contribution < -0.4 is 5.32 Å². The average molecular weight is 453 g/mol. The van der Waals surface area contributed by atoms with Gasteiger partial charge in [0.05, 0.1) is 22.9 Å². The Morgan fingerprint density at radius 3 is 2.64 bits per heavy atom. The number of hydrogen-bond acceptors (Lipinski definition) is 4. The van der Waals surface area contributed by atoms with Crippen LogP contribution in [0.3, 0.4) is 0 Å². The van der Waals surface area contributed by atoms with Crippen LogP contribution in [0.15, 0.2) is 49.3 Å². The standard InChI is InChI=1S/C26H27F3N4/c1-17(2)24-22(26(27,28)29)14-20(16-31-24)5-4-10-33-11-8-25(9-12-33)18(3)32-23-7-6-19(15-30)13-21(23)25/h6-7,13-14,16,32H,1,3-5,8-12H2,2H3. The summed E-state index contributed by atoms with van der Waals surface area (Å²) in [6.07, 6.45) is 0.172. The van der Waals surface area contributed by atoms with Gasteiger partial charge in [0, 0.05) is 23.0 Å². The van der Waals surface area contributed by atoms with Crippen molar-refractivity contribution in [3.05, 3.63) is 77.3 Å². The third-order valence-electron chi connectivity index (χ3n) is 6.83. The van der Waals surface area contributed by atoms with E-state index in [2.05, 4.69) is 34.4 Å². The monoisotopic (exact) mass is 452 g/mol. The molecule has 2 aromatic rings. The highest BCUT2D eigenvalue weighted by atomic mass is 19.4. The van der Waals surface area contributed by atoms with Gasteiger partial charge < -0.3 is 10.2 Å². The Balaban J connectivity index is 1.37. The second kappa shape index (κ2) is 8.68. The van der Waals surface area contributed by atoms with Gasteiger partial charge in [-0.15, -0.1) is 0 Å². The number of piperidine rings is 1. The van der Waals surface area contributed by atoms with Gasteiger partial charge in [0.25, 0.3) is 0 Å². The fourth-order valence-corrected chi connectivity index (χ4v) is 5.00. The van der Waals surface area contributed by atoms with Crippen LogP contribution in [0.1, 0.15) is 54.1 Å². The van der Waals surface area contributed by atoms with Crippen LogP contribution in [0.5, 0.6) is 0 Å². The van der Waals surface area contributed by atoms with Crippen LogP contribution in [-0.2, 0) is 18.0 Å². The lowest BCUT2D eigenvalue weighted by Crippen LogP contribution is -2.43. The Labute approximate surface area is 192 Å². The molecule has 0 aliphatic carbocycles. The third kappa shape index (κ3) is 4.40. The van der Waals surface area contributed by atoms with Crippen LogP contribution in [0.2, 0.25) is 0 Å². The molecule has 2 aliphatic heterocycles. The van der Waals surface area contributed by atoms with Crippen molar-refractivity contribution in [3.63, 3.8) is 0 Å². The molecule has 3 heterocycles. The average Bonchev–Trinajstić information content (AvgIpc) is 3.04. The molecular weight excluding hydrogens is 425 g/mol. The number of nitrogens with zero attached hydrogens (tertiary/aromatic N) is 3. The maximum absolute atomic E-state index is 13.4. The summed E-state index contributed by atoms with van der Waals surface area (Å²) in [4.78, 5) is 6.38. The molecule has 1 saturated heterocycles. The van der Waals surface area contributed by atoms with Crippen LogP contribution in [0, 0.1) is 11.3 Å². The minimum absolute atomic E-state index is 0.0854. The van der Waals surface area contributed by atoms with E-state index in [4.69, 9.17) is 0 Å². The summed E-state index contributed by atoms with van der Waals surface area (Å²) >= 11 is 0. The first kappa shape index (κ1) is 23.1. The quantitative estimate of drug-likeness (QED) is 0.613. The van der Waals surface area contributed by atoms with Gasteiger partial charge in [0.15, 0.2) is 0 Å². The van der Waals surface area contributed by atoms with Crippen molar-refractivity contribution in [1.82, 2.24) is 9.88 Å². The largest absolute Gasteiger partial charge is 0.418 e. The number of allylic oxidation sites excluding steroid dienone is 2. The second-order valence-electron chi connectivity index (χ2n) is 9.02. The maximum atomic E-state index is 13.4. The highest BCUT2D eigenvalue weighted by Crippen LogP contribution is 2.49. The van der Waals surface area contributed by atoms with Crippen molar-refractivity contribution in [2.75, 3.05) is 25.0 Å². The number of benzene rings is 1. The SMILES string of the molecule is C=C(C)c1ncc(CCCN2CCC3(CC2)C(=C)Nc2ccc(C#N)cc23)cc1C(F)(F)F. The van der Waals surface area contributed by atoms with Crippen LogP contribution in [-0.4, -0.2) is 29.5 Å². The molecule has 0 amide bonds. The summed E-state index contributed by atoms with van der Waals surface area (Å²) in [5.74, 6) is 0. The van der Waals surface area contributed by atoms with Gasteiger partial charge in [-0.1, -0.05) is 13.2 Å². The zero-order valence-corrected chi connectivity index (χ0v) is 18.7. The summed E-state index contributed by atoms with van der Waals surface area (Å²) in [6, 6.07) is 9.16. The number of anilines is 1.